The highest BCUT2D eigenvalue weighted by molar-refractivity contribution is 7.13. The first-order valence-electron chi connectivity index (χ1n) is 12.2. The van der Waals surface area contributed by atoms with Gasteiger partial charge in [-0.1, -0.05) is 30.0 Å². The molecule has 4 aromatic rings. The van der Waals surface area contributed by atoms with Gasteiger partial charge < -0.3 is 10.0 Å². The maximum absolute atomic E-state index is 13.6. The molecular weight excluding hydrogens is 558 g/mol. The molecule has 1 N–H and O–H groups in total. The van der Waals surface area contributed by atoms with Gasteiger partial charge in [0.15, 0.2) is 5.13 Å². The summed E-state index contributed by atoms with van der Waals surface area (Å²) < 4.78 is 81.9. The number of rotatable bonds is 5. The fourth-order valence-corrected chi connectivity index (χ4v) is 5.73. The summed E-state index contributed by atoms with van der Waals surface area (Å²) in [5.74, 6) is -1.14. The van der Waals surface area contributed by atoms with Crippen LogP contribution in [0.5, 0.6) is 0 Å². The number of halogens is 6. The largest absolute Gasteiger partial charge is 0.481 e. The molecule has 0 unspecified atom stereocenters. The van der Waals surface area contributed by atoms with Gasteiger partial charge in [0.2, 0.25) is 0 Å². The summed E-state index contributed by atoms with van der Waals surface area (Å²) in [5, 5.41) is 15.3. The summed E-state index contributed by atoms with van der Waals surface area (Å²) in [6.45, 7) is 4.82. The lowest BCUT2D eigenvalue weighted by molar-refractivity contribution is -0.144. The second kappa shape index (κ2) is 10.3. The van der Waals surface area contributed by atoms with Crippen LogP contribution in [-0.4, -0.2) is 38.9 Å². The Morgan fingerprint density at radius 2 is 1.80 bits per heavy atom. The van der Waals surface area contributed by atoms with Gasteiger partial charge in [0, 0.05) is 18.5 Å². The van der Waals surface area contributed by atoms with Gasteiger partial charge in [-0.25, -0.2) is 4.98 Å². The first kappa shape index (κ1) is 27.7. The van der Waals surface area contributed by atoms with Crippen molar-refractivity contribution in [1.29, 1.82) is 0 Å². The first-order chi connectivity index (χ1) is 18.8. The topological polar surface area (TPSA) is 71.2 Å². The Labute approximate surface area is 227 Å². The number of carbonyl (C=O) groups is 1. The lowest BCUT2D eigenvalue weighted by Crippen LogP contribution is -2.36. The first-order valence-corrected chi connectivity index (χ1v) is 13.0. The number of fused-ring (bicyclic) bond motifs is 1. The van der Waals surface area contributed by atoms with Crippen molar-refractivity contribution in [3.63, 3.8) is 0 Å². The van der Waals surface area contributed by atoms with Crippen LogP contribution in [0, 0.1) is 5.92 Å². The second-order valence-electron chi connectivity index (χ2n) is 9.54. The highest BCUT2D eigenvalue weighted by atomic mass is 32.1. The van der Waals surface area contributed by atoms with Crippen LogP contribution < -0.4 is 14.8 Å². The Bertz CT molecular complexity index is 1680. The van der Waals surface area contributed by atoms with Gasteiger partial charge in [0.1, 0.15) is 0 Å². The number of hydrogen-bond donors (Lipinski definition) is 1. The molecule has 0 amide bonds. The fraction of sp³-hybridized carbons (Fsp3) is 0.296. The smallest absolute Gasteiger partial charge is 0.416 e. The third-order valence-corrected chi connectivity index (χ3v) is 7.96. The summed E-state index contributed by atoms with van der Waals surface area (Å²) in [5.41, 5.74) is -1.75. The predicted molar refractivity (Wildman–Crippen MR) is 138 cm³/mol. The van der Waals surface area contributed by atoms with E-state index in [-0.39, 0.29) is 24.1 Å². The molecule has 210 valence electrons. The van der Waals surface area contributed by atoms with Crippen molar-refractivity contribution in [3.8, 4) is 0 Å². The van der Waals surface area contributed by atoms with Crippen molar-refractivity contribution in [3.05, 3.63) is 74.7 Å². The zero-order chi connectivity index (χ0) is 28.8. The van der Waals surface area contributed by atoms with Crippen LogP contribution in [-0.2, 0) is 23.7 Å². The summed E-state index contributed by atoms with van der Waals surface area (Å²) >= 11 is 1.43. The molecule has 1 aliphatic rings. The summed E-state index contributed by atoms with van der Waals surface area (Å²) in [6, 6.07) is 6.84. The van der Waals surface area contributed by atoms with Crippen LogP contribution in [0.25, 0.3) is 23.6 Å². The van der Waals surface area contributed by atoms with Crippen LogP contribution in [0.1, 0.15) is 35.1 Å². The van der Waals surface area contributed by atoms with Crippen LogP contribution >= 0.6 is 11.3 Å². The predicted octanol–water partition coefficient (Wildman–Crippen LogP) is 5.12. The molecule has 6 nitrogen and oxygen atoms in total. The summed E-state index contributed by atoms with van der Waals surface area (Å²) in [4.78, 5) is 17.8. The number of anilines is 1. The van der Waals surface area contributed by atoms with Crippen molar-refractivity contribution in [2.75, 3.05) is 18.0 Å². The van der Waals surface area contributed by atoms with E-state index in [1.165, 1.54) is 22.2 Å². The number of carboxylic acid groups (broad SMARTS) is 1. The molecule has 0 bridgehead atoms. The van der Waals surface area contributed by atoms with Crippen molar-refractivity contribution in [1.82, 2.24) is 14.8 Å². The number of thiazole rings is 1. The Kier molecular flexibility index (Phi) is 7.11. The second-order valence-corrected chi connectivity index (χ2v) is 10.5. The average molecular weight is 581 g/mol. The van der Waals surface area contributed by atoms with Crippen molar-refractivity contribution < 1.29 is 36.2 Å². The number of alkyl halides is 6. The van der Waals surface area contributed by atoms with E-state index in [1.54, 1.807) is 18.2 Å². The minimum atomic E-state index is -4.96. The van der Waals surface area contributed by atoms with Gasteiger partial charge in [-0.15, -0.1) is 0 Å². The Balaban J connectivity index is 1.40. The van der Waals surface area contributed by atoms with Crippen LogP contribution in [0.4, 0.5) is 31.5 Å². The molecule has 1 fully saturated rings. The van der Waals surface area contributed by atoms with Gasteiger partial charge >= 0.3 is 18.3 Å². The van der Waals surface area contributed by atoms with E-state index in [1.807, 2.05) is 11.0 Å². The molecule has 5 rings (SSSR count). The van der Waals surface area contributed by atoms with Crippen LogP contribution in [0.15, 0.2) is 42.6 Å². The highest BCUT2D eigenvalue weighted by Gasteiger charge is 2.38. The maximum Gasteiger partial charge on any atom is 0.416 e. The quantitative estimate of drug-likeness (QED) is 0.332. The van der Waals surface area contributed by atoms with Gasteiger partial charge in [-0.3, -0.25) is 9.48 Å². The lowest BCUT2D eigenvalue weighted by Gasteiger charge is -2.29. The molecule has 0 saturated carbocycles. The number of aliphatic carboxylic acids is 1. The van der Waals surface area contributed by atoms with Gasteiger partial charge in [0.05, 0.1) is 45.2 Å². The number of hydrogen-bond acceptors (Lipinski definition) is 5. The van der Waals surface area contributed by atoms with Gasteiger partial charge in [-0.2, -0.15) is 31.4 Å². The Morgan fingerprint density at radius 1 is 1.07 bits per heavy atom. The molecule has 1 saturated heterocycles. The molecule has 0 aliphatic carbocycles. The third kappa shape index (κ3) is 5.69. The Morgan fingerprint density at radius 3 is 2.45 bits per heavy atom. The number of nitrogens with zero attached hydrogens (tertiary/aromatic N) is 4. The van der Waals surface area contributed by atoms with E-state index >= 15 is 0 Å². The molecule has 2 aromatic heterocycles. The van der Waals surface area contributed by atoms with Gasteiger partial charge in [-0.05, 0) is 54.3 Å². The zero-order valence-corrected chi connectivity index (χ0v) is 21.6. The van der Waals surface area contributed by atoms with Gasteiger partial charge in [0.25, 0.3) is 0 Å². The molecule has 40 heavy (non-hydrogen) atoms. The monoisotopic (exact) mass is 580 g/mol. The van der Waals surface area contributed by atoms with Crippen molar-refractivity contribution in [2.45, 2.75) is 31.7 Å². The number of carboxylic acids is 1. The van der Waals surface area contributed by atoms with E-state index in [4.69, 9.17) is 0 Å². The minimum Gasteiger partial charge on any atom is -0.481 e. The number of aromatic nitrogens is 3. The van der Waals surface area contributed by atoms with Crippen LogP contribution in [0.3, 0.4) is 0 Å². The highest BCUT2D eigenvalue weighted by Crippen LogP contribution is 2.37. The minimum absolute atomic E-state index is 0.127. The molecule has 2 aromatic carbocycles. The molecule has 0 radical (unpaired) electrons. The lowest BCUT2D eigenvalue weighted by atomic mass is 9.98. The molecule has 0 spiro atoms. The fourth-order valence-electron chi connectivity index (χ4n) is 4.70. The normalized spacial score (nSPS) is 15.8. The van der Waals surface area contributed by atoms with Crippen LogP contribution in [0.2, 0.25) is 0 Å². The SMILES string of the molecule is C=c1nc(N2CCC(C(=O)O)CC2)s/c1=C\c1ccc2c(cnn2Cc2ccc(C(F)(F)F)cc2C(F)(F)F)c1. The molecule has 1 aliphatic heterocycles. The number of piperidine rings is 1. The maximum atomic E-state index is 13.6. The van der Waals surface area contributed by atoms with E-state index < -0.39 is 29.4 Å². The summed E-state index contributed by atoms with van der Waals surface area (Å²) in [6.07, 6.45) is -5.42. The number of benzene rings is 2. The molecular formula is C27H22F6N4O2S. The third-order valence-electron chi connectivity index (χ3n) is 6.86. The standard InChI is InChI=1S/C27H22F6N4O2S/c1-15-23(40-25(35-15)36-8-6-17(7-9-36)24(38)39)11-16-2-5-22-19(10-16)13-34-37(22)14-18-3-4-20(26(28,29)30)12-21(18)27(31,32)33/h2-5,10-13,17H,1,6-9,14H2,(H,38,39)/b23-11-. The average Bonchev–Trinajstić information content (AvgIpc) is 3.45. The van der Waals surface area contributed by atoms with E-state index in [0.29, 0.717) is 48.2 Å². The Hall–Kier alpha value is -3.87. The molecule has 3 heterocycles. The van der Waals surface area contributed by atoms with E-state index in [9.17, 15) is 36.2 Å². The van der Waals surface area contributed by atoms with E-state index in [0.717, 1.165) is 21.3 Å². The van der Waals surface area contributed by atoms with Crippen molar-refractivity contribution >= 4 is 46.0 Å². The summed E-state index contributed by atoms with van der Waals surface area (Å²) in [7, 11) is 0. The molecule has 13 heteroatoms. The molecule has 0 atom stereocenters. The van der Waals surface area contributed by atoms with Crippen molar-refractivity contribution in [2.24, 2.45) is 5.92 Å². The van der Waals surface area contributed by atoms with E-state index in [2.05, 4.69) is 16.7 Å². The zero-order valence-electron chi connectivity index (χ0n) is 20.8.